The van der Waals surface area contributed by atoms with Crippen LogP contribution in [0, 0.1) is 5.82 Å². The number of imide groups is 1. The highest BCUT2D eigenvalue weighted by atomic mass is 19.1. The Labute approximate surface area is 187 Å². The van der Waals surface area contributed by atoms with Crippen molar-refractivity contribution in [3.05, 3.63) is 23.5 Å². The van der Waals surface area contributed by atoms with Gasteiger partial charge in [-0.3, -0.25) is 24.6 Å². The van der Waals surface area contributed by atoms with Crippen molar-refractivity contribution >= 4 is 23.5 Å². The van der Waals surface area contributed by atoms with Crippen LogP contribution >= 0.6 is 0 Å². The lowest BCUT2D eigenvalue weighted by atomic mass is 9.88. The normalized spacial score (nSPS) is 20.6. The number of benzene rings is 1. The van der Waals surface area contributed by atoms with Crippen LogP contribution in [0.25, 0.3) is 0 Å². The van der Waals surface area contributed by atoms with Crippen LogP contribution in [-0.2, 0) is 19.1 Å². The molecule has 0 saturated carbocycles. The van der Waals surface area contributed by atoms with Gasteiger partial charge in [0.15, 0.2) is 0 Å². The van der Waals surface area contributed by atoms with Crippen LogP contribution in [0.4, 0.5) is 10.1 Å². The molecule has 0 bridgehead atoms. The van der Waals surface area contributed by atoms with Crippen LogP contribution in [0.3, 0.4) is 0 Å². The fourth-order valence-corrected chi connectivity index (χ4v) is 4.21. The minimum atomic E-state index is -0.598. The number of esters is 1. The molecular formula is C23H32FN3O5. The van der Waals surface area contributed by atoms with Gasteiger partial charge in [-0.05, 0) is 65.1 Å². The van der Waals surface area contributed by atoms with Gasteiger partial charge in [0.25, 0.3) is 0 Å². The smallest absolute Gasteiger partial charge is 0.320 e. The third-order valence-corrected chi connectivity index (χ3v) is 5.66. The van der Waals surface area contributed by atoms with E-state index < -0.39 is 23.4 Å². The predicted molar refractivity (Wildman–Crippen MR) is 117 cm³/mol. The summed E-state index contributed by atoms with van der Waals surface area (Å²) in [5, 5.41) is 5.28. The van der Waals surface area contributed by atoms with Crippen LogP contribution in [0.1, 0.15) is 57.9 Å². The summed E-state index contributed by atoms with van der Waals surface area (Å²) in [5.74, 6) is -0.990. The Morgan fingerprint density at radius 2 is 1.91 bits per heavy atom. The number of nitrogens with one attached hydrogen (secondary N) is 2. The number of hydrogen-bond acceptors (Lipinski definition) is 7. The SMILES string of the molecule is COc1cc(NC2CCC(=O)NC2=O)cc(F)c1C1CCN(CC(=O)OC(C)(C)C)CC1. The summed E-state index contributed by atoms with van der Waals surface area (Å²) in [6, 6.07) is 2.46. The molecule has 1 atom stereocenters. The number of carbonyl (C=O) groups excluding carboxylic acids is 3. The molecule has 1 aromatic carbocycles. The van der Waals surface area contributed by atoms with Crippen molar-refractivity contribution in [1.82, 2.24) is 10.2 Å². The van der Waals surface area contributed by atoms with Crippen molar-refractivity contribution in [2.24, 2.45) is 0 Å². The van der Waals surface area contributed by atoms with Gasteiger partial charge in [0.2, 0.25) is 11.8 Å². The molecule has 2 heterocycles. The first kappa shape index (κ1) is 24.0. The van der Waals surface area contributed by atoms with Crippen LogP contribution in [0.15, 0.2) is 12.1 Å². The fourth-order valence-electron chi connectivity index (χ4n) is 4.21. The minimum absolute atomic E-state index is 0.0375. The lowest BCUT2D eigenvalue weighted by molar-refractivity contribution is -0.156. The first-order chi connectivity index (χ1) is 15.1. The number of hydrogen-bond donors (Lipinski definition) is 2. The maximum absolute atomic E-state index is 15.1. The number of halogens is 1. The van der Waals surface area contributed by atoms with E-state index in [1.807, 2.05) is 25.7 Å². The van der Waals surface area contributed by atoms with Crippen molar-refractivity contribution in [3.63, 3.8) is 0 Å². The van der Waals surface area contributed by atoms with Gasteiger partial charge < -0.3 is 14.8 Å². The molecule has 1 unspecified atom stereocenters. The van der Waals surface area contributed by atoms with Gasteiger partial charge >= 0.3 is 5.97 Å². The number of likely N-dealkylation sites (tertiary alicyclic amines) is 1. The molecule has 2 saturated heterocycles. The number of ether oxygens (including phenoxy) is 2. The summed E-state index contributed by atoms with van der Waals surface area (Å²) < 4.78 is 26.0. The van der Waals surface area contributed by atoms with E-state index in [2.05, 4.69) is 10.6 Å². The average molecular weight is 450 g/mol. The van der Waals surface area contributed by atoms with Crippen LogP contribution < -0.4 is 15.4 Å². The fraction of sp³-hybridized carbons (Fsp3) is 0.609. The Morgan fingerprint density at radius 1 is 1.22 bits per heavy atom. The highest BCUT2D eigenvalue weighted by molar-refractivity contribution is 6.01. The Morgan fingerprint density at radius 3 is 2.50 bits per heavy atom. The summed E-state index contributed by atoms with van der Waals surface area (Å²) in [4.78, 5) is 37.4. The Kier molecular flexibility index (Phi) is 7.38. The van der Waals surface area contributed by atoms with Crippen LogP contribution in [0.2, 0.25) is 0 Å². The molecule has 2 aliphatic heterocycles. The zero-order valence-electron chi connectivity index (χ0n) is 19.1. The van der Waals surface area contributed by atoms with Crippen molar-refractivity contribution in [2.75, 3.05) is 32.1 Å². The molecule has 32 heavy (non-hydrogen) atoms. The molecular weight excluding hydrogens is 417 g/mol. The molecule has 1 aromatic rings. The molecule has 3 rings (SSSR count). The molecule has 176 valence electrons. The molecule has 9 heteroatoms. The highest BCUT2D eigenvalue weighted by Gasteiger charge is 2.30. The second-order valence-corrected chi connectivity index (χ2v) is 9.36. The summed E-state index contributed by atoms with van der Waals surface area (Å²) in [7, 11) is 1.49. The van der Waals surface area contributed by atoms with Gasteiger partial charge in [-0.25, -0.2) is 4.39 Å². The lowest BCUT2D eigenvalue weighted by Crippen LogP contribution is -2.47. The monoisotopic (exact) mass is 449 g/mol. The van der Waals surface area contributed by atoms with Gasteiger partial charge in [-0.2, -0.15) is 0 Å². The lowest BCUT2D eigenvalue weighted by Gasteiger charge is -2.33. The third kappa shape index (κ3) is 6.18. The second kappa shape index (κ2) is 9.85. The Hall–Kier alpha value is -2.68. The number of amides is 2. The summed E-state index contributed by atoms with van der Waals surface area (Å²) >= 11 is 0. The van der Waals surface area contributed by atoms with E-state index in [9.17, 15) is 14.4 Å². The number of nitrogens with zero attached hydrogens (tertiary/aromatic N) is 1. The van der Waals surface area contributed by atoms with E-state index in [1.165, 1.54) is 13.2 Å². The molecule has 8 nitrogen and oxygen atoms in total. The highest BCUT2D eigenvalue weighted by Crippen LogP contribution is 2.38. The zero-order chi connectivity index (χ0) is 23.5. The molecule has 2 aliphatic rings. The molecule has 0 aliphatic carbocycles. The minimum Gasteiger partial charge on any atom is -0.496 e. The number of piperidine rings is 2. The summed E-state index contributed by atoms with van der Waals surface area (Å²) in [5.41, 5.74) is 0.424. The number of methoxy groups -OCH3 is 1. The standard InChI is InChI=1S/C23H32FN3O5/c1-23(2,3)32-20(29)13-27-9-7-14(8-10-27)21-16(24)11-15(12-18(21)31-4)25-17-5-6-19(28)26-22(17)30/h11-12,14,17,25H,5-10,13H2,1-4H3,(H,26,28,30). The second-order valence-electron chi connectivity index (χ2n) is 9.36. The number of rotatable bonds is 6. The van der Waals surface area contributed by atoms with Gasteiger partial charge in [-0.15, -0.1) is 0 Å². The Bertz CT molecular complexity index is 875. The molecule has 2 N–H and O–H groups in total. The van der Waals surface area contributed by atoms with E-state index in [0.717, 1.165) is 0 Å². The van der Waals surface area contributed by atoms with E-state index in [-0.39, 0.29) is 30.8 Å². The van der Waals surface area contributed by atoms with E-state index >= 15 is 4.39 Å². The maximum atomic E-state index is 15.1. The van der Waals surface area contributed by atoms with E-state index in [4.69, 9.17) is 9.47 Å². The van der Waals surface area contributed by atoms with Crippen LogP contribution in [-0.4, -0.2) is 61.1 Å². The first-order valence-electron chi connectivity index (χ1n) is 11.0. The van der Waals surface area contributed by atoms with Gasteiger partial charge in [0, 0.05) is 23.7 Å². The zero-order valence-corrected chi connectivity index (χ0v) is 19.1. The predicted octanol–water partition coefficient (Wildman–Crippen LogP) is 2.57. The first-order valence-corrected chi connectivity index (χ1v) is 11.0. The average Bonchev–Trinajstić information content (AvgIpc) is 2.69. The van der Waals surface area contributed by atoms with E-state index in [1.54, 1.807) is 6.07 Å². The third-order valence-electron chi connectivity index (χ3n) is 5.66. The Balaban J connectivity index is 1.64. The van der Waals surface area contributed by atoms with Crippen molar-refractivity contribution < 1.29 is 28.2 Å². The number of carbonyl (C=O) groups is 3. The summed E-state index contributed by atoms with van der Waals surface area (Å²) in [6.45, 7) is 7.05. The summed E-state index contributed by atoms with van der Waals surface area (Å²) in [6.07, 6.45) is 1.97. The topological polar surface area (TPSA) is 97.0 Å². The number of anilines is 1. The molecule has 2 amide bonds. The maximum Gasteiger partial charge on any atom is 0.320 e. The quantitative estimate of drug-likeness (QED) is 0.509. The van der Waals surface area contributed by atoms with Gasteiger partial charge in [0.05, 0.1) is 13.7 Å². The largest absolute Gasteiger partial charge is 0.496 e. The van der Waals surface area contributed by atoms with Gasteiger partial charge in [-0.1, -0.05) is 0 Å². The molecule has 0 radical (unpaired) electrons. The van der Waals surface area contributed by atoms with Crippen molar-refractivity contribution in [1.29, 1.82) is 0 Å². The molecule has 0 spiro atoms. The molecule has 2 fully saturated rings. The van der Waals surface area contributed by atoms with Crippen molar-refractivity contribution in [3.8, 4) is 5.75 Å². The van der Waals surface area contributed by atoms with Gasteiger partial charge in [0.1, 0.15) is 23.2 Å². The molecule has 0 aromatic heterocycles. The van der Waals surface area contributed by atoms with Crippen LogP contribution in [0.5, 0.6) is 5.75 Å². The van der Waals surface area contributed by atoms with E-state index in [0.29, 0.717) is 49.4 Å². The van der Waals surface area contributed by atoms with Crippen molar-refractivity contribution in [2.45, 2.75) is 64.0 Å².